The van der Waals surface area contributed by atoms with E-state index in [-0.39, 0.29) is 34.6 Å². The molecule has 0 saturated heterocycles. The van der Waals surface area contributed by atoms with Crippen LogP contribution in [0.2, 0.25) is 10.0 Å². The molecule has 1 heterocycles. The molecule has 0 bridgehead atoms. The SMILES string of the molecule is O=C(CCn1nc(C(F)(F)F)cc1C1CC1)Nc1c(Cl)cccc1Cl. The number of nitrogens with one attached hydrogen (secondary N) is 1. The fourth-order valence-corrected chi connectivity index (χ4v) is 2.98. The van der Waals surface area contributed by atoms with E-state index in [1.807, 2.05) is 0 Å². The summed E-state index contributed by atoms with van der Waals surface area (Å²) in [6.45, 7) is 0.0514. The highest BCUT2D eigenvalue weighted by atomic mass is 35.5. The molecule has 1 amide bonds. The molecule has 1 aliphatic carbocycles. The highest BCUT2D eigenvalue weighted by Crippen LogP contribution is 2.42. The monoisotopic (exact) mass is 391 g/mol. The van der Waals surface area contributed by atoms with Crippen molar-refractivity contribution in [3.63, 3.8) is 0 Å². The molecule has 0 spiro atoms. The number of rotatable bonds is 5. The maximum atomic E-state index is 12.9. The van der Waals surface area contributed by atoms with Gasteiger partial charge in [0, 0.05) is 24.6 Å². The van der Waals surface area contributed by atoms with Crippen LogP contribution in [0.4, 0.5) is 18.9 Å². The summed E-state index contributed by atoms with van der Waals surface area (Å²) >= 11 is 12.0. The Balaban J connectivity index is 1.69. The lowest BCUT2D eigenvalue weighted by Gasteiger charge is -2.10. The molecular formula is C16H14Cl2F3N3O. The highest BCUT2D eigenvalue weighted by Gasteiger charge is 2.37. The van der Waals surface area contributed by atoms with Crippen molar-refractivity contribution in [2.24, 2.45) is 0 Å². The molecule has 25 heavy (non-hydrogen) atoms. The maximum Gasteiger partial charge on any atom is 0.435 e. The molecule has 1 N–H and O–H groups in total. The van der Waals surface area contributed by atoms with Crippen molar-refractivity contribution in [2.45, 2.75) is 37.9 Å². The summed E-state index contributed by atoms with van der Waals surface area (Å²) in [5, 5.41) is 6.78. The van der Waals surface area contributed by atoms with Crippen molar-refractivity contribution in [3.05, 3.63) is 45.7 Å². The third-order valence-corrected chi connectivity index (χ3v) is 4.50. The minimum Gasteiger partial charge on any atom is -0.323 e. The standard InChI is InChI=1S/C16H14Cl2F3N3O/c17-10-2-1-3-11(18)15(10)22-14(25)6-7-24-12(9-4-5-9)8-13(23-24)16(19,20)21/h1-3,8-9H,4-7H2,(H,22,25). The molecule has 3 rings (SSSR count). The molecular weight excluding hydrogens is 378 g/mol. The summed E-state index contributed by atoms with van der Waals surface area (Å²) < 4.78 is 39.8. The van der Waals surface area contributed by atoms with Gasteiger partial charge in [-0.15, -0.1) is 0 Å². The number of aromatic nitrogens is 2. The predicted octanol–water partition coefficient (Wildman–Crippen LogP) is 5.11. The van der Waals surface area contributed by atoms with Crippen LogP contribution in [0, 0.1) is 0 Å². The van der Waals surface area contributed by atoms with E-state index in [9.17, 15) is 18.0 Å². The predicted molar refractivity (Wildman–Crippen MR) is 88.9 cm³/mol. The van der Waals surface area contributed by atoms with Crippen LogP contribution >= 0.6 is 23.2 Å². The summed E-state index contributed by atoms with van der Waals surface area (Å²) in [7, 11) is 0. The van der Waals surface area contributed by atoms with Crippen LogP contribution in [0.1, 0.15) is 36.6 Å². The van der Waals surface area contributed by atoms with Gasteiger partial charge in [0.25, 0.3) is 0 Å². The molecule has 0 unspecified atom stereocenters. The molecule has 1 aromatic carbocycles. The maximum absolute atomic E-state index is 12.9. The average Bonchev–Trinajstić information content (AvgIpc) is 3.27. The second-order valence-corrected chi connectivity index (χ2v) is 6.66. The molecule has 1 aliphatic rings. The molecule has 1 aromatic heterocycles. The van der Waals surface area contributed by atoms with E-state index in [0.29, 0.717) is 5.69 Å². The molecule has 1 fully saturated rings. The minimum atomic E-state index is -4.50. The van der Waals surface area contributed by atoms with Gasteiger partial charge in [-0.3, -0.25) is 9.48 Å². The summed E-state index contributed by atoms with van der Waals surface area (Å²) in [5.41, 5.74) is -0.116. The van der Waals surface area contributed by atoms with Crippen LogP contribution in [0.5, 0.6) is 0 Å². The number of hydrogen-bond donors (Lipinski definition) is 1. The topological polar surface area (TPSA) is 46.9 Å². The number of alkyl halides is 3. The number of benzene rings is 1. The van der Waals surface area contributed by atoms with Crippen molar-refractivity contribution in [1.82, 2.24) is 9.78 Å². The molecule has 0 radical (unpaired) electrons. The van der Waals surface area contributed by atoms with E-state index in [2.05, 4.69) is 10.4 Å². The molecule has 0 aliphatic heterocycles. The van der Waals surface area contributed by atoms with Crippen molar-refractivity contribution < 1.29 is 18.0 Å². The molecule has 2 aromatic rings. The third-order valence-electron chi connectivity index (χ3n) is 3.88. The number of nitrogens with zero attached hydrogens (tertiary/aromatic N) is 2. The van der Waals surface area contributed by atoms with Gasteiger partial charge in [-0.1, -0.05) is 29.3 Å². The second-order valence-electron chi connectivity index (χ2n) is 5.84. The smallest absolute Gasteiger partial charge is 0.323 e. The molecule has 4 nitrogen and oxygen atoms in total. The van der Waals surface area contributed by atoms with Crippen LogP contribution in [-0.2, 0) is 17.5 Å². The van der Waals surface area contributed by atoms with Crippen LogP contribution in [0.25, 0.3) is 0 Å². The molecule has 9 heteroatoms. The second kappa shape index (κ2) is 6.88. The number of anilines is 1. The van der Waals surface area contributed by atoms with Crippen LogP contribution in [0.3, 0.4) is 0 Å². The highest BCUT2D eigenvalue weighted by molar-refractivity contribution is 6.39. The number of carbonyl (C=O) groups is 1. The lowest BCUT2D eigenvalue weighted by molar-refractivity contribution is -0.141. The largest absolute Gasteiger partial charge is 0.435 e. The van der Waals surface area contributed by atoms with Gasteiger partial charge < -0.3 is 5.32 Å². The van der Waals surface area contributed by atoms with Crippen molar-refractivity contribution >= 4 is 34.8 Å². The fraction of sp³-hybridized carbons (Fsp3) is 0.375. The number of para-hydroxylation sites is 1. The van der Waals surface area contributed by atoms with Gasteiger partial charge in [0.15, 0.2) is 5.69 Å². The van der Waals surface area contributed by atoms with Gasteiger partial charge >= 0.3 is 6.18 Å². The Bertz CT molecular complexity index is 780. The number of hydrogen-bond acceptors (Lipinski definition) is 2. The van der Waals surface area contributed by atoms with Crippen LogP contribution in [0.15, 0.2) is 24.3 Å². The van der Waals surface area contributed by atoms with E-state index in [4.69, 9.17) is 23.2 Å². The Morgan fingerprint density at radius 1 is 1.28 bits per heavy atom. The van der Waals surface area contributed by atoms with Gasteiger partial charge in [0.05, 0.1) is 15.7 Å². The van der Waals surface area contributed by atoms with Gasteiger partial charge in [-0.2, -0.15) is 18.3 Å². The van der Waals surface area contributed by atoms with E-state index < -0.39 is 17.8 Å². The lowest BCUT2D eigenvalue weighted by atomic mass is 10.2. The first-order valence-electron chi connectivity index (χ1n) is 7.64. The first kappa shape index (κ1) is 18.1. The van der Waals surface area contributed by atoms with Gasteiger partial charge in [-0.25, -0.2) is 0 Å². The van der Waals surface area contributed by atoms with E-state index in [1.165, 1.54) is 4.68 Å². The molecule has 1 saturated carbocycles. The van der Waals surface area contributed by atoms with Crippen LogP contribution < -0.4 is 5.32 Å². The van der Waals surface area contributed by atoms with Gasteiger partial charge in [0.1, 0.15) is 0 Å². The Kier molecular flexibility index (Phi) is 4.97. The zero-order chi connectivity index (χ0) is 18.2. The summed E-state index contributed by atoms with van der Waals surface area (Å²) in [6, 6.07) is 5.87. The van der Waals surface area contributed by atoms with Crippen molar-refractivity contribution in [3.8, 4) is 0 Å². The van der Waals surface area contributed by atoms with E-state index >= 15 is 0 Å². The quantitative estimate of drug-likeness (QED) is 0.768. The molecule has 134 valence electrons. The first-order valence-corrected chi connectivity index (χ1v) is 8.40. The average molecular weight is 392 g/mol. The van der Waals surface area contributed by atoms with Gasteiger partial charge in [-0.05, 0) is 31.0 Å². The summed E-state index contributed by atoms with van der Waals surface area (Å²) in [5.74, 6) is -0.314. The summed E-state index contributed by atoms with van der Waals surface area (Å²) in [6.07, 6.45) is -2.86. The summed E-state index contributed by atoms with van der Waals surface area (Å²) in [4.78, 5) is 12.1. The van der Waals surface area contributed by atoms with Crippen molar-refractivity contribution in [1.29, 1.82) is 0 Å². The first-order chi connectivity index (χ1) is 11.8. The van der Waals surface area contributed by atoms with Crippen LogP contribution in [-0.4, -0.2) is 15.7 Å². The normalized spacial score (nSPS) is 14.6. The number of aryl methyl sites for hydroxylation is 1. The fourth-order valence-electron chi connectivity index (χ4n) is 2.48. The number of amides is 1. The lowest BCUT2D eigenvalue weighted by Crippen LogP contribution is -2.17. The zero-order valence-electron chi connectivity index (χ0n) is 12.9. The Morgan fingerprint density at radius 2 is 1.92 bits per heavy atom. The zero-order valence-corrected chi connectivity index (χ0v) is 14.4. The van der Waals surface area contributed by atoms with E-state index in [0.717, 1.165) is 18.9 Å². The Hall–Kier alpha value is -1.73. The Labute approximate surface area is 151 Å². The van der Waals surface area contributed by atoms with Gasteiger partial charge in [0.2, 0.25) is 5.91 Å². The Morgan fingerprint density at radius 3 is 2.48 bits per heavy atom. The number of carbonyl (C=O) groups excluding carboxylic acids is 1. The molecule has 0 atom stereocenters. The third kappa shape index (κ3) is 4.27. The number of halogens is 5. The minimum absolute atomic E-state index is 0.0414. The van der Waals surface area contributed by atoms with Crippen molar-refractivity contribution in [2.75, 3.05) is 5.32 Å². The van der Waals surface area contributed by atoms with E-state index in [1.54, 1.807) is 18.2 Å².